The van der Waals surface area contributed by atoms with Crippen LogP contribution in [0.5, 0.6) is 0 Å². The summed E-state index contributed by atoms with van der Waals surface area (Å²) in [5, 5.41) is 10.8. The molecule has 1 heterocycles. The average Bonchev–Trinajstić information content (AvgIpc) is 2.62. The zero-order valence-corrected chi connectivity index (χ0v) is 9.48. The van der Waals surface area contributed by atoms with E-state index in [4.69, 9.17) is 5.11 Å². The molecule has 0 aromatic carbocycles. The highest BCUT2D eigenvalue weighted by molar-refractivity contribution is 5.87. The molecule has 1 aliphatic rings. The van der Waals surface area contributed by atoms with Crippen LogP contribution >= 0.6 is 0 Å². The van der Waals surface area contributed by atoms with Crippen LogP contribution in [0, 0.1) is 0 Å². The van der Waals surface area contributed by atoms with E-state index in [1.165, 1.54) is 0 Å². The number of rotatable bonds is 3. The smallest absolute Gasteiger partial charge is 0.407 e. The molecule has 0 aromatic rings. The van der Waals surface area contributed by atoms with E-state index in [9.17, 15) is 23.2 Å². The number of carbonyl (C=O) groups is 3. The minimum Gasteiger partial charge on any atom is -0.480 e. The maximum Gasteiger partial charge on any atom is 0.407 e. The molecule has 0 aromatic heterocycles. The van der Waals surface area contributed by atoms with E-state index in [0.29, 0.717) is 4.90 Å². The van der Waals surface area contributed by atoms with Crippen molar-refractivity contribution in [3.8, 4) is 0 Å². The molecule has 1 atom stereocenters. The number of aliphatic carboxylic acids is 1. The van der Waals surface area contributed by atoms with E-state index in [2.05, 4.69) is 4.74 Å². The lowest BCUT2D eigenvalue weighted by atomic mass is 10.2. The van der Waals surface area contributed by atoms with Crippen molar-refractivity contribution in [2.24, 2.45) is 0 Å². The van der Waals surface area contributed by atoms with Gasteiger partial charge in [0.25, 0.3) is 5.92 Å². The maximum atomic E-state index is 13.1. The van der Waals surface area contributed by atoms with Gasteiger partial charge in [0.1, 0.15) is 12.6 Å². The van der Waals surface area contributed by atoms with Crippen molar-refractivity contribution in [3.05, 3.63) is 0 Å². The number of nitrogens with zero attached hydrogens (tertiary/aromatic N) is 1. The first-order valence-corrected chi connectivity index (χ1v) is 4.99. The number of carboxylic acids is 1. The molecule has 9 heteroatoms. The molecule has 1 unspecified atom stereocenters. The summed E-state index contributed by atoms with van der Waals surface area (Å²) in [5.41, 5.74) is 0. The number of carbonyl (C=O) groups excluding carboxylic acids is 2. The Labute approximate surface area is 101 Å². The van der Waals surface area contributed by atoms with Gasteiger partial charge in [-0.25, -0.2) is 18.4 Å². The van der Waals surface area contributed by atoms with E-state index in [1.54, 1.807) is 0 Å². The van der Waals surface area contributed by atoms with Crippen molar-refractivity contribution in [1.29, 1.82) is 0 Å². The standard InChI is InChI=1S/C9H12F2N2O5/c1-18-8(17)12-3-6(14)13-4-9(10,11)2-5(13)7(15)16/h5H,2-4H2,1H3,(H,12,17)(H,15,16). The number of ether oxygens (including phenoxy) is 1. The van der Waals surface area contributed by atoms with Gasteiger partial charge in [0.05, 0.1) is 13.7 Å². The van der Waals surface area contributed by atoms with Crippen LogP contribution in [0.4, 0.5) is 13.6 Å². The lowest BCUT2D eigenvalue weighted by Gasteiger charge is -2.20. The van der Waals surface area contributed by atoms with E-state index in [-0.39, 0.29) is 0 Å². The van der Waals surface area contributed by atoms with Crippen LogP contribution in [-0.4, -0.2) is 60.1 Å². The summed E-state index contributed by atoms with van der Waals surface area (Å²) in [6.07, 6.45) is -1.83. The molecule has 0 radical (unpaired) electrons. The molecule has 18 heavy (non-hydrogen) atoms. The molecular weight excluding hydrogens is 254 g/mol. The fourth-order valence-corrected chi connectivity index (χ4v) is 1.62. The summed E-state index contributed by atoms with van der Waals surface area (Å²) in [7, 11) is 1.07. The van der Waals surface area contributed by atoms with Crippen LogP contribution < -0.4 is 5.32 Å². The summed E-state index contributed by atoms with van der Waals surface area (Å²) in [4.78, 5) is 33.5. The van der Waals surface area contributed by atoms with Gasteiger partial charge < -0.3 is 20.1 Å². The first-order valence-electron chi connectivity index (χ1n) is 4.99. The van der Waals surface area contributed by atoms with E-state index in [1.807, 2.05) is 5.32 Å². The molecule has 0 saturated carbocycles. The molecule has 1 rings (SSSR count). The number of alkyl halides is 2. The van der Waals surface area contributed by atoms with Gasteiger partial charge in [0.15, 0.2) is 0 Å². The van der Waals surface area contributed by atoms with Crippen molar-refractivity contribution < 1.29 is 33.0 Å². The van der Waals surface area contributed by atoms with Gasteiger partial charge in [-0.2, -0.15) is 0 Å². The Hall–Kier alpha value is -1.93. The number of methoxy groups -OCH3 is 1. The Balaban J connectivity index is 2.65. The quantitative estimate of drug-likeness (QED) is 0.728. The van der Waals surface area contributed by atoms with Crippen LogP contribution in [0.2, 0.25) is 0 Å². The third-order valence-electron chi connectivity index (χ3n) is 2.44. The zero-order chi connectivity index (χ0) is 13.9. The second-order valence-corrected chi connectivity index (χ2v) is 3.78. The topological polar surface area (TPSA) is 95.9 Å². The minimum absolute atomic E-state index is 0.540. The normalized spacial score (nSPS) is 21.5. The summed E-state index contributed by atoms with van der Waals surface area (Å²) < 4.78 is 30.3. The highest BCUT2D eigenvalue weighted by Crippen LogP contribution is 2.32. The van der Waals surface area contributed by atoms with Gasteiger partial charge in [-0.05, 0) is 0 Å². The number of hydrogen-bond acceptors (Lipinski definition) is 4. The van der Waals surface area contributed by atoms with Gasteiger partial charge in [-0.15, -0.1) is 0 Å². The highest BCUT2D eigenvalue weighted by Gasteiger charge is 2.49. The maximum absolute atomic E-state index is 13.1. The third-order valence-corrected chi connectivity index (χ3v) is 2.44. The van der Waals surface area contributed by atoms with Crippen molar-refractivity contribution in [3.63, 3.8) is 0 Å². The second-order valence-electron chi connectivity index (χ2n) is 3.78. The Morgan fingerprint density at radius 2 is 2.11 bits per heavy atom. The summed E-state index contributed by atoms with van der Waals surface area (Å²) in [6.45, 7) is -1.56. The van der Waals surface area contributed by atoms with E-state index >= 15 is 0 Å². The zero-order valence-electron chi connectivity index (χ0n) is 9.48. The van der Waals surface area contributed by atoms with Gasteiger partial charge in [-0.3, -0.25) is 4.79 Å². The van der Waals surface area contributed by atoms with Crippen molar-refractivity contribution in [2.45, 2.75) is 18.4 Å². The number of hydrogen-bond donors (Lipinski definition) is 2. The van der Waals surface area contributed by atoms with Crippen LogP contribution in [0.3, 0.4) is 0 Å². The number of carboxylic acid groups (broad SMARTS) is 1. The van der Waals surface area contributed by atoms with Gasteiger partial charge in [0, 0.05) is 6.42 Å². The van der Waals surface area contributed by atoms with Gasteiger partial charge in [-0.1, -0.05) is 0 Å². The molecule has 2 amide bonds. The monoisotopic (exact) mass is 266 g/mol. The molecule has 102 valence electrons. The van der Waals surface area contributed by atoms with Crippen LogP contribution in [-0.2, 0) is 14.3 Å². The predicted molar refractivity (Wildman–Crippen MR) is 53.1 cm³/mol. The second kappa shape index (κ2) is 5.15. The summed E-state index contributed by atoms with van der Waals surface area (Å²) in [6, 6.07) is -1.58. The van der Waals surface area contributed by atoms with Crippen molar-refractivity contribution >= 4 is 18.0 Å². The molecule has 7 nitrogen and oxygen atoms in total. The summed E-state index contributed by atoms with van der Waals surface area (Å²) in [5.74, 6) is -5.63. The Kier molecular flexibility index (Phi) is 4.04. The first-order chi connectivity index (χ1) is 8.26. The highest BCUT2D eigenvalue weighted by atomic mass is 19.3. The molecule has 0 bridgehead atoms. The van der Waals surface area contributed by atoms with Crippen molar-refractivity contribution in [2.75, 3.05) is 20.2 Å². The molecule has 1 saturated heterocycles. The largest absolute Gasteiger partial charge is 0.480 e. The molecule has 1 aliphatic heterocycles. The van der Waals surface area contributed by atoms with Gasteiger partial charge in [0.2, 0.25) is 5.91 Å². The Bertz CT molecular complexity index is 374. The van der Waals surface area contributed by atoms with Crippen molar-refractivity contribution in [1.82, 2.24) is 10.2 Å². The van der Waals surface area contributed by atoms with E-state index < -0.39 is 49.4 Å². The third kappa shape index (κ3) is 3.28. The van der Waals surface area contributed by atoms with Crippen LogP contribution in [0.25, 0.3) is 0 Å². The fraction of sp³-hybridized carbons (Fsp3) is 0.667. The molecule has 0 spiro atoms. The number of alkyl carbamates (subject to hydrolysis) is 1. The predicted octanol–water partition coefficient (Wildman–Crippen LogP) is -0.337. The number of halogens is 2. The number of nitrogens with one attached hydrogen (secondary N) is 1. The summed E-state index contributed by atoms with van der Waals surface area (Å²) >= 11 is 0. The lowest BCUT2D eigenvalue weighted by molar-refractivity contribution is -0.147. The average molecular weight is 266 g/mol. The lowest BCUT2D eigenvalue weighted by Crippen LogP contribution is -2.45. The number of likely N-dealkylation sites (tertiary alicyclic amines) is 1. The molecular formula is C9H12F2N2O5. The number of amides is 2. The SMILES string of the molecule is COC(=O)NCC(=O)N1CC(F)(F)CC1C(=O)O. The fourth-order valence-electron chi connectivity index (χ4n) is 1.62. The Morgan fingerprint density at radius 3 is 2.61 bits per heavy atom. The Morgan fingerprint density at radius 1 is 1.50 bits per heavy atom. The van der Waals surface area contributed by atoms with Crippen LogP contribution in [0.15, 0.2) is 0 Å². The van der Waals surface area contributed by atoms with Gasteiger partial charge >= 0.3 is 12.1 Å². The first kappa shape index (κ1) is 14.1. The molecule has 2 N–H and O–H groups in total. The minimum atomic E-state index is -3.23. The molecule has 0 aliphatic carbocycles. The molecule has 1 fully saturated rings. The van der Waals surface area contributed by atoms with Crippen LogP contribution in [0.1, 0.15) is 6.42 Å². The van der Waals surface area contributed by atoms with E-state index in [0.717, 1.165) is 7.11 Å².